The van der Waals surface area contributed by atoms with Gasteiger partial charge in [-0.15, -0.1) is 0 Å². The number of anilines is 3. The van der Waals surface area contributed by atoms with Gasteiger partial charge >= 0.3 is 0 Å². The lowest BCUT2D eigenvalue weighted by molar-refractivity contribution is 0.777. The molecule has 0 atom stereocenters. The summed E-state index contributed by atoms with van der Waals surface area (Å²) >= 11 is 9.59. The molecule has 0 aliphatic carbocycles. The van der Waals surface area contributed by atoms with E-state index in [2.05, 4.69) is 50.4 Å². The van der Waals surface area contributed by atoms with Gasteiger partial charge in [0, 0.05) is 18.5 Å². The van der Waals surface area contributed by atoms with Crippen LogP contribution in [0.5, 0.6) is 0 Å². The summed E-state index contributed by atoms with van der Waals surface area (Å²) in [6.07, 6.45) is 0. The largest absolute Gasteiger partial charge is 0.370 e. The molecule has 0 saturated heterocycles. The molecule has 2 N–H and O–H groups in total. The van der Waals surface area contributed by atoms with Crippen LogP contribution in [0.2, 0.25) is 5.02 Å². The second kappa shape index (κ2) is 7.09. The minimum Gasteiger partial charge on any atom is -0.370 e. The minimum absolute atomic E-state index is 0.256. The van der Waals surface area contributed by atoms with Crippen molar-refractivity contribution < 1.29 is 0 Å². The minimum atomic E-state index is 0.256. The van der Waals surface area contributed by atoms with E-state index in [-0.39, 0.29) is 5.92 Å². The number of rotatable bonds is 5. The Morgan fingerprint density at radius 2 is 1.95 bits per heavy atom. The monoisotopic (exact) mass is 368 g/mol. The molecule has 21 heavy (non-hydrogen) atoms. The molecule has 2 rings (SSSR count). The Hall–Kier alpha value is -1.33. The Morgan fingerprint density at radius 3 is 2.62 bits per heavy atom. The van der Waals surface area contributed by atoms with Gasteiger partial charge in [-0.05, 0) is 35.0 Å². The number of hydrogen-bond donors (Lipinski definition) is 2. The number of benzene rings is 1. The van der Waals surface area contributed by atoms with E-state index in [4.69, 9.17) is 11.6 Å². The van der Waals surface area contributed by atoms with E-state index in [9.17, 15) is 0 Å². The fourth-order valence-corrected chi connectivity index (χ4v) is 2.34. The molecule has 0 bridgehead atoms. The highest BCUT2D eigenvalue weighted by atomic mass is 79.9. The third-order valence-electron chi connectivity index (χ3n) is 2.83. The molecule has 0 unspecified atom stereocenters. The van der Waals surface area contributed by atoms with Gasteiger partial charge in [-0.25, -0.2) is 9.97 Å². The van der Waals surface area contributed by atoms with Crippen LogP contribution in [0.1, 0.15) is 32.5 Å². The topological polar surface area (TPSA) is 49.8 Å². The lowest BCUT2D eigenvalue weighted by Crippen LogP contribution is -2.07. The standard InChI is InChI=1S/C15H18BrClN4/c1-4-18-12-8-13(21-15(20-12)9(2)3)19-11-7-5-6-10(17)14(11)16/h5-9H,4H2,1-3H3,(H2,18,19,20,21). The summed E-state index contributed by atoms with van der Waals surface area (Å²) in [4.78, 5) is 9.06. The number of nitrogens with zero attached hydrogens (tertiary/aromatic N) is 2. The average Bonchev–Trinajstić information content (AvgIpc) is 2.44. The van der Waals surface area contributed by atoms with E-state index in [0.29, 0.717) is 5.02 Å². The van der Waals surface area contributed by atoms with Crippen LogP contribution in [-0.4, -0.2) is 16.5 Å². The maximum Gasteiger partial charge on any atom is 0.136 e. The molecule has 1 aromatic carbocycles. The van der Waals surface area contributed by atoms with Gasteiger partial charge < -0.3 is 10.6 Å². The SMILES string of the molecule is CCNc1cc(Nc2cccc(Cl)c2Br)nc(C(C)C)n1. The Labute approximate surface area is 138 Å². The lowest BCUT2D eigenvalue weighted by Gasteiger charge is -2.13. The first-order valence-corrected chi connectivity index (χ1v) is 8.02. The van der Waals surface area contributed by atoms with Gasteiger partial charge in [0.25, 0.3) is 0 Å². The molecule has 0 fully saturated rings. The van der Waals surface area contributed by atoms with Crippen LogP contribution >= 0.6 is 27.5 Å². The number of nitrogens with one attached hydrogen (secondary N) is 2. The van der Waals surface area contributed by atoms with Crippen LogP contribution in [0.3, 0.4) is 0 Å². The lowest BCUT2D eigenvalue weighted by atomic mass is 10.2. The van der Waals surface area contributed by atoms with Crippen LogP contribution in [0.4, 0.5) is 17.3 Å². The third-order valence-corrected chi connectivity index (χ3v) is 4.23. The van der Waals surface area contributed by atoms with Gasteiger partial charge in [0.2, 0.25) is 0 Å². The van der Waals surface area contributed by atoms with Crippen LogP contribution in [-0.2, 0) is 0 Å². The highest BCUT2D eigenvalue weighted by Gasteiger charge is 2.10. The molecule has 1 heterocycles. The molecular formula is C15H18BrClN4. The summed E-state index contributed by atoms with van der Waals surface area (Å²) in [6, 6.07) is 7.56. The Kier molecular flexibility index (Phi) is 5.42. The molecule has 0 radical (unpaired) electrons. The first kappa shape index (κ1) is 16.0. The normalized spacial score (nSPS) is 10.8. The van der Waals surface area contributed by atoms with Crippen molar-refractivity contribution in [3.63, 3.8) is 0 Å². The molecule has 1 aromatic heterocycles. The molecule has 0 aliphatic heterocycles. The van der Waals surface area contributed by atoms with Gasteiger partial charge in [-0.1, -0.05) is 31.5 Å². The predicted octanol–water partition coefficient (Wildman–Crippen LogP) is 5.19. The Morgan fingerprint density at radius 1 is 1.24 bits per heavy atom. The van der Waals surface area contributed by atoms with Crippen molar-refractivity contribution in [3.8, 4) is 0 Å². The van der Waals surface area contributed by atoms with E-state index in [1.54, 1.807) is 0 Å². The van der Waals surface area contributed by atoms with E-state index in [1.165, 1.54) is 0 Å². The van der Waals surface area contributed by atoms with Crippen LogP contribution in [0.15, 0.2) is 28.7 Å². The fourth-order valence-electron chi connectivity index (χ4n) is 1.80. The molecule has 4 nitrogen and oxygen atoms in total. The van der Waals surface area contributed by atoms with Gasteiger partial charge in [-0.3, -0.25) is 0 Å². The summed E-state index contributed by atoms with van der Waals surface area (Å²) in [5, 5.41) is 7.17. The fraction of sp³-hybridized carbons (Fsp3) is 0.333. The number of hydrogen-bond acceptors (Lipinski definition) is 4. The summed E-state index contributed by atoms with van der Waals surface area (Å²) in [6.45, 7) is 7.00. The molecule has 0 spiro atoms. The zero-order chi connectivity index (χ0) is 15.4. The van der Waals surface area contributed by atoms with Crippen molar-refractivity contribution in [2.75, 3.05) is 17.2 Å². The van der Waals surface area contributed by atoms with Crippen LogP contribution in [0.25, 0.3) is 0 Å². The number of halogens is 2. The molecule has 112 valence electrons. The maximum absolute atomic E-state index is 6.11. The van der Waals surface area contributed by atoms with Crippen molar-refractivity contribution in [1.29, 1.82) is 0 Å². The molecule has 0 amide bonds. The van der Waals surface area contributed by atoms with E-state index >= 15 is 0 Å². The molecular weight excluding hydrogens is 352 g/mol. The molecule has 6 heteroatoms. The highest BCUT2D eigenvalue weighted by molar-refractivity contribution is 9.10. The smallest absolute Gasteiger partial charge is 0.136 e. The Balaban J connectivity index is 2.36. The molecule has 2 aromatic rings. The summed E-state index contributed by atoms with van der Waals surface area (Å²) in [5.41, 5.74) is 0.873. The zero-order valence-electron chi connectivity index (χ0n) is 12.2. The van der Waals surface area contributed by atoms with Gasteiger partial charge in [0.1, 0.15) is 17.5 Å². The highest BCUT2D eigenvalue weighted by Crippen LogP contribution is 2.32. The third kappa shape index (κ3) is 4.08. The first-order chi connectivity index (χ1) is 10.0. The molecule has 0 aliphatic rings. The second-order valence-electron chi connectivity index (χ2n) is 4.91. The number of aromatic nitrogens is 2. The van der Waals surface area contributed by atoms with Crippen molar-refractivity contribution in [3.05, 3.63) is 39.6 Å². The van der Waals surface area contributed by atoms with Crippen molar-refractivity contribution in [2.45, 2.75) is 26.7 Å². The first-order valence-electron chi connectivity index (χ1n) is 6.85. The maximum atomic E-state index is 6.11. The van der Waals surface area contributed by atoms with Gasteiger partial charge in [0.05, 0.1) is 15.2 Å². The van der Waals surface area contributed by atoms with Crippen molar-refractivity contribution in [2.24, 2.45) is 0 Å². The van der Waals surface area contributed by atoms with Gasteiger partial charge in [-0.2, -0.15) is 0 Å². The van der Waals surface area contributed by atoms with Crippen molar-refractivity contribution in [1.82, 2.24) is 9.97 Å². The zero-order valence-corrected chi connectivity index (χ0v) is 14.6. The van der Waals surface area contributed by atoms with E-state index < -0.39 is 0 Å². The average molecular weight is 370 g/mol. The van der Waals surface area contributed by atoms with Gasteiger partial charge in [0.15, 0.2) is 0 Å². The second-order valence-corrected chi connectivity index (χ2v) is 6.11. The van der Waals surface area contributed by atoms with Crippen LogP contribution < -0.4 is 10.6 Å². The van der Waals surface area contributed by atoms with Crippen LogP contribution in [0, 0.1) is 0 Å². The van der Waals surface area contributed by atoms with Crippen molar-refractivity contribution >= 4 is 44.9 Å². The summed E-state index contributed by atoms with van der Waals surface area (Å²) in [5.74, 6) is 2.62. The summed E-state index contributed by atoms with van der Waals surface area (Å²) < 4.78 is 0.821. The Bertz CT molecular complexity index is 631. The quantitative estimate of drug-likeness (QED) is 0.761. The summed E-state index contributed by atoms with van der Waals surface area (Å²) in [7, 11) is 0. The molecule has 0 saturated carbocycles. The van der Waals surface area contributed by atoms with E-state index in [0.717, 1.165) is 34.2 Å². The predicted molar refractivity (Wildman–Crippen MR) is 92.7 cm³/mol. The van der Waals surface area contributed by atoms with E-state index in [1.807, 2.05) is 31.2 Å².